The summed E-state index contributed by atoms with van der Waals surface area (Å²) in [5, 5.41) is 10.2. The summed E-state index contributed by atoms with van der Waals surface area (Å²) in [6.07, 6.45) is 0. The number of aryl methyl sites for hydroxylation is 2. The van der Waals surface area contributed by atoms with Gasteiger partial charge in [0.15, 0.2) is 0 Å². The maximum atomic E-state index is 12.3. The number of rotatable bonds is 1. The van der Waals surface area contributed by atoms with E-state index in [1.165, 1.54) is 0 Å². The molecule has 0 aromatic carbocycles. The summed E-state index contributed by atoms with van der Waals surface area (Å²) in [5.74, 6) is 0.0945. The van der Waals surface area contributed by atoms with Gasteiger partial charge in [-0.25, -0.2) is 0 Å². The first-order chi connectivity index (χ1) is 7.59. The molecule has 1 aromatic heterocycles. The normalized spacial score (nSPS) is 21.2. The average molecular weight is 222 g/mol. The Bertz CT molecular complexity index is 379. The molecular weight excluding hydrogens is 204 g/mol. The molecule has 1 fully saturated rings. The zero-order valence-electron chi connectivity index (χ0n) is 10.0. The van der Waals surface area contributed by atoms with Crippen molar-refractivity contribution in [2.24, 2.45) is 0 Å². The van der Waals surface area contributed by atoms with E-state index in [9.17, 15) is 4.79 Å². The predicted octanol–water partition coefficient (Wildman–Crippen LogP) is 0.460. The first-order valence-electron chi connectivity index (χ1n) is 5.64. The van der Waals surface area contributed by atoms with E-state index in [-0.39, 0.29) is 5.91 Å². The lowest BCUT2D eigenvalue weighted by Crippen LogP contribution is -2.51. The lowest BCUT2D eigenvalue weighted by molar-refractivity contribution is 0.0707. The highest BCUT2D eigenvalue weighted by Crippen LogP contribution is 2.13. The Labute approximate surface area is 95.2 Å². The highest BCUT2D eigenvalue weighted by Gasteiger charge is 2.25. The van der Waals surface area contributed by atoms with Gasteiger partial charge in [-0.3, -0.25) is 9.89 Å². The molecule has 2 heterocycles. The van der Waals surface area contributed by atoms with Crippen LogP contribution in [0.2, 0.25) is 0 Å². The topological polar surface area (TPSA) is 61.0 Å². The Morgan fingerprint density at radius 3 is 2.81 bits per heavy atom. The van der Waals surface area contributed by atoms with Crippen LogP contribution in [0.25, 0.3) is 0 Å². The first-order valence-corrected chi connectivity index (χ1v) is 5.64. The number of carbonyl (C=O) groups is 1. The number of nitrogens with one attached hydrogen (secondary N) is 2. The number of amides is 1. The molecule has 0 aliphatic carbocycles. The van der Waals surface area contributed by atoms with Crippen molar-refractivity contribution in [2.75, 3.05) is 19.6 Å². The molecule has 0 bridgehead atoms. The molecule has 1 amide bonds. The molecule has 88 valence electrons. The lowest BCUT2D eigenvalue weighted by atomic mass is 10.1. The number of aromatic nitrogens is 2. The van der Waals surface area contributed by atoms with Crippen LogP contribution in [-0.2, 0) is 0 Å². The quantitative estimate of drug-likeness (QED) is 0.725. The van der Waals surface area contributed by atoms with Crippen LogP contribution in [0.15, 0.2) is 0 Å². The van der Waals surface area contributed by atoms with Crippen molar-refractivity contribution in [1.29, 1.82) is 0 Å². The fraction of sp³-hybridized carbons (Fsp3) is 0.636. The number of nitrogens with zero attached hydrogens (tertiary/aromatic N) is 2. The number of hydrogen-bond acceptors (Lipinski definition) is 3. The molecule has 1 aromatic rings. The largest absolute Gasteiger partial charge is 0.336 e. The van der Waals surface area contributed by atoms with Crippen molar-refractivity contribution in [3.63, 3.8) is 0 Å². The molecule has 5 nitrogen and oxygen atoms in total. The summed E-state index contributed by atoms with van der Waals surface area (Å²) < 4.78 is 0. The molecule has 1 unspecified atom stereocenters. The molecule has 1 aliphatic rings. The second-order valence-electron chi connectivity index (χ2n) is 4.42. The summed E-state index contributed by atoms with van der Waals surface area (Å²) in [4.78, 5) is 14.2. The standard InChI is InChI=1S/C11H18N4O/c1-7-6-15(5-4-12-7)11(16)10-8(2)13-14-9(10)3/h7,12H,4-6H2,1-3H3,(H,13,14). The Balaban J connectivity index is 2.18. The first kappa shape index (κ1) is 11.1. The van der Waals surface area contributed by atoms with Crippen LogP contribution in [0.1, 0.15) is 28.7 Å². The van der Waals surface area contributed by atoms with Gasteiger partial charge in [-0.2, -0.15) is 5.10 Å². The summed E-state index contributed by atoms with van der Waals surface area (Å²) >= 11 is 0. The van der Waals surface area contributed by atoms with E-state index >= 15 is 0 Å². The Morgan fingerprint density at radius 1 is 1.50 bits per heavy atom. The smallest absolute Gasteiger partial charge is 0.257 e. The zero-order valence-corrected chi connectivity index (χ0v) is 10.0. The number of hydrogen-bond donors (Lipinski definition) is 2. The second-order valence-corrected chi connectivity index (χ2v) is 4.42. The van der Waals surface area contributed by atoms with E-state index in [1.807, 2.05) is 18.7 Å². The molecule has 2 N–H and O–H groups in total. The number of carbonyl (C=O) groups excluding carboxylic acids is 1. The Kier molecular flexibility index (Phi) is 2.96. The third kappa shape index (κ3) is 1.95. The molecule has 2 rings (SSSR count). The van der Waals surface area contributed by atoms with E-state index in [4.69, 9.17) is 0 Å². The van der Waals surface area contributed by atoms with Crippen LogP contribution in [0.5, 0.6) is 0 Å². The lowest BCUT2D eigenvalue weighted by Gasteiger charge is -2.32. The third-order valence-electron chi connectivity index (χ3n) is 3.00. The van der Waals surface area contributed by atoms with Gasteiger partial charge in [0, 0.05) is 31.4 Å². The van der Waals surface area contributed by atoms with Gasteiger partial charge in [-0.15, -0.1) is 0 Å². The maximum Gasteiger partial charge on any atom is 0.257 e. The minimum Gasteiger partial charge on any atom is -0.336 e. The van der Waals surface area contributed by atoms with Gasteiger partial charge < -0.3 is 10.2 Å². The van der Waals surface area contributed by atoms with Crippen LogP contribution < -0.4 is 5.32 Å². The molecule has 0 saturated carbocycles. The molecule has 0 spiro atoms. The van der Waals surface area contributed by atoms with Crippen LogP contribution >= 0.6 is 0 Å². The number of piperazine rings is 1. The maximum absolute atomic E-state index is 12.3. The van der Waals surface area contributed by atoms with Gasteiger partial charge in [0.1, 0.15) is 0 Å². The van der Waals surface area contributed by atoms with Crippen LogP contribution in [-0.4, -0.2) is 46.7 Å². The molecule has 16 heavy (non-hydrogen) atoms. The molecule has 1 atom stereocenters. The van der Waals surface area contributed by atoms with Crippen molar-refractivity contribution in [3.05, 3.63) is 17.0 Å². The molecule has 5 heteroatoms. The van der Waals surface area contributed by atoms with Gasteiger partial charge in [0.05, 0.1) is 11.3 Å². The van der Waals surface area contributed by atoms with E-state index in [0.717, 1.165) is 36.6 Å². The minimum absolute atomic E-state index is 0.0945. The van der Waals surface area contributed by atoms with Crippen LogP contribution in [0.3, 0.4) is 0 Å². The van der Waals surface area contributed by atoms with Crippen LogP contribution in [0, 0.1) is 13.8 Å². The average Bonchev–Trinajstić information content (AvgIpc) is 2.58. The van der Waals surface area contributed by atoms with Gasteiger partial charge in [-0.05, 0) is 20.8 Å². The van der Waals surface area contributed by atoms with Crippen LogP contribution in [0.4, 0.5) is 0 Å². The summed E-state index contributed by atoms with van der Waals surface area (Å²) in [6, 6.07) is 0.366. The van der Waals surface area contributed by atoms with E-state index in [1.54, 1.807) is 0 Å². The van der Waals surface area contributed by atoms with Gasteiger partial charge >= 0.3 is 0 Å². The number of aromatic amines is 1. The fourth-order valence-electron chi connectivity index (χ4n) is 2.14. The summed E-state index contributed by atoms with van der Waals surface area (Å²) in [5.41, 5.74) is 2.37. The monoisotopic (exact) mass is 222 g/mol. The second kappa shape index (κ2) is 4.25. The molecule has 1 saturated heterocycles. The Hall–Kier alpha value is -1.36. The Morgan fingerprint density at radius 2 is 2.25 bits per heavy atom. The third-order valence-corrected chi connectivity index (χ3v) is 3.00. The SMILES string of the molecule is Cc1n[nH]c(C)c1C(=O)N1CCNC(C)C1. The highest BCUT2D eigenvalue weighted by atomic mass is 16.2. The van der Waals surface area contributed by atoms with Gasteiger partial charge in [0.25, 0.3) is 5.91 Å². The predicted molar refractivity (Wildman–Crippen MR) is 61.4 cm³/mol. The molecular formula is C11H18N4O. The zero-order chi connectivity index (χ0) is 11.7. The van der Waals surface area contributed by atoms with Crippen molar-refractivity contribution < 1.29 is 4.79 Å². The molecule has 1 aliphatic heterocycles. The summed E-state index contributed by atoms with van der Waals surface area (Å²) in [6.45, 7) is 8.24. The van der Waals surface area contributed by atoms with E-state index in [0.29, 0.717) is 6.04 Å². The van der Waals surface area contributed by atoms with Gasteiger partial charge in [-0.1, -0.05) is 0 Å². The van der Waals surface area contributed by atoms with E-state index < -0.39 is 0 Å². The minimum atomic E-state index is 0.0945. The van der Waals surface area contributed by atoms with Crippen molar-refractivity contribution in [2.45, 2.75) is 26.8 Å². The van der Waals surface area contributed by atoms with E-state index in [2.05, 4.69) is 22.4 Å². The molecule has 0 radical (unpaired) electrons. The van der Waals surface area contributed by atoms with Crippen molar-refractivity contribution in [3.8, 4) is 0 Å². The number of H-pyrrole nitrogens is 1. The van der Waals surface area contributed by atoms with Gasteiger partial charge in [0.2, 0.25) is 0 Å². The highest BCUT2D eigenvalue weighted by molar-refractivity contribution is 5.96. The fourth-order valence-corrected chi connectivity index (χ4v) is 2.14. The van der Waals surface area contributed by atoms with Crippen molar-refractivity contribution >= 4 is 5.91 Å². The summed E-state index contributed by atoms with van der Waals surface area (Å²) in [7, 11) is 0. The van der Waals surface area contributed by atoms with Crippen molar-refractivity contribution in [1.82, 2.24) is 20.4 Å².